The van der Waals surface area contributed by atoms with Crippen molar-refractivity contribution < 1.29 is 14.0 Å². The summed E-state index contributed by atoms with van der Waals surface area (Å²) in [4.78, 5) is 15.1. The molecule has 1 aliphatic heterocycles. The van der Waals surface area contributed by atoms with Crippen LogP contribution in [0.3, 0.4) is 0 Å². The van der Waals surface area contributed by atoms with Gasteiger partial charge in [0.2, 0.25) is 0 Å². The highest BCUT2D eigenvalue weighted by atomic mass is 79.9. The third-order valence-electron chi connectivity index (χ3n) is 1.81. The standard InChI is InChI=1S/C9H5BrFNO2/c10-5-1-2-6(7(11)3-5)8-4-9(13)14-12-8/h1-3H,4H2. The van der Waals surface area contributed by atoms with Gasteiger partial charge < -0.3 is 4.84 Å². The molecule has 0 unspecified atom stereocenters. The van der Waals surface area contributed by atoms with E-state index in [-0.39, 0.29) is 6.42 Å². The Balaban J connectivity index is 2.38. The minimum atomic E-state index is -0.456. The molecule has 0 aliphatic carbocycles. The van der Waals surface area contributed by atoms with Crippen LogP contribution in [-0.2, 0) is 9.63 Å². The van der Waals surface area contributed by atoms with E-state index < -0.39 is 11.8 Å². The van der Waals surface area contributed by atoms with Crippen molar-refractivity contribution in [3.05, 3.63) is 34.1 Å². The van der Waals surface area contributed by atoms with Crippen molar-refractivity contribution in [3.63, 3.8) is 0 Å². The molecular formula is C9H5BrFNO2. The Kier molecular flexibility index (Phi) is 2.33. The van der Waals surface area contributed by atoms with Crippen LogP contribution in [0.15, 0.2) is 27.8 Å². The van der Waals surface area contributed by atoms with Crippen molar-refractivity contribution in [1.29, 1.82) is 0 Å². The normalized spacial score (nSPS) is 15.3. The number of benzene rings is 1. The van der Waals surface area contributed by atoms with Gasteiger partial charge in [0.25, 0.3) is 0 Å². The van der Waals surface area contributed by atoms with Gasteiger partial charge in [-0.15, -0.1) is 0 Å². The predicted molar refractivity (Wildman–Crippen MR) is 51.3 cm³/mol. The minimum absolute atomic E-state index is 0.0263. The maximum absolute atomic E-state index is 13.4. The lowest BCUT2D eigenvalue weighted by Crippen LogP contribution is -2.03. The Bertz CT molecular complexity index is 431. The summed E-state index contributed by atoms with van der Waals surface area (Å²) < 4.78 is 14.0. The van der Waals surface area contributed by atoms with Gasteiger partial charge in [-0.25, -0.2) is 9.18 Å². The van der Waals surface area contributed by atoms with Crippen LogP contribution in [0.1, 0.15) is 12.0 Å². The molecule has 1 aromatic carbocycles. The Morgan fingerprint density at radius 2 is 2.29 bits per heavy atom. The largest absolute Gasteiger partial charge is 0.341 e. The van der Waals surface area contributed by atoms with E-state index in [0.717, 1.165) is 0 Å². The number of nitrogens with zero attached hydrogens (tertiary/aromatic N) is 1. The van der Waals surface area contributed by atoms with Crippen molar-refractivity contribution in [2.24, 2.45) is 5.16 Å². The molecule has 0 saturated carbocycles. The number of rotatable bonds is 1. The first-order valence-electron chi connectivity index (χ1n) is 3.89. The lowest BCUT2D eigenvalue weighted by atomic mass is 10.1. The molecule has 5 heteroatoms. The third kappa shape index (κ3) is 1.68. The Morgan fingerprint density at radius 3 is 2.86 bits per heavy atom. The molecule has 1 heterocycles. The smallest absolute Gasteiger partial charge is 0.318 e. The zero-order valence-corrected chi connectivity index (χ0v) is 8.54. The second-order valence-corrected chi connectivity index (χ2v) is 3.72. The molecule has 0 saturated heterocycles. The Labute approximate surface area is 87.7 Å². The topological polar surface area (TPSA) is 38.7 Å². The van der Waals surface area contributed by atoms with E-state index in [1.165, 1.54) is 6.07 Å². The van der Waals surface area contributed by atoms with Crippen molar-refractivity contribution in [2.75, 3.05) is 0 Å². The molecule has 14 heavy (non-hydrogen) atoms. The van der Waals surface area contributed by atoms with Gasteiger partial charge in [-0.2, -0.15) is 0 Å². The number of oxime groups is 1. The zero-order chi connectivity index (χ0) is 10.1. The molecule has 72 valence electrons. The summed E-state index contributed by atoms with van der Waals surface area (Å²) in [5.74, 6) is -0.876. The number of carbonyl (C=O) groups excluding carboxylic acids is 1. The van der Waals surface area contributed by atoms with E-state index >= 15 is 0 Å². The fourth-order valence-corrected chi connectivity index (χ4v) is 1.51. The van der Waals surface area contributed by atoms with Crippen LogP contribution in [0, 0.1) is 5.82 Å². The summed E-state index contributed by atoms with van der Waals surface area (Å²) in [5, 5.41) is 3.49. The van der Waals surface area contributed by atoms with Crippen LogP contribution >= 0.6 is 15.9 Å². The van der Waals surface area contributed by atoms with E-state index in [1.54, 1.807) is 12.1 Å². The monoisotopic (exact) mass is 257 g/mol. The summed E-state index contributed by atoms with van der Waals surface area (Å²) in [6, 6.07) is 4.56. The fraction of sp³-hybridized carbons (Fsp3) is 0.111. The molecule has 0 radical (unpaired) electrons. The van der Waals surface area contributed by atoms with Crippen LogP contribution in [0.4, 0.5) is 4.39 Å². The van der Waals surface area contributed by atoms with Crippen molar-refractivity contribution in [1.82, 2.24) is 0 Å². The van der Waals surface area contributed by atoms with E-state index in [1.807, 2.05) is 0 Å². The maximum atomic E-state index is 13.4. The van der Waals surface area contributed by atoms with E-state index in [4.69, 9.17) is 0 Å². The summed E-state index contributed by atoms with van der Waals surface area (Å²) in [7, 11) is 0. The van der Waals surface area contributed by atoms with Gasteiger partial charge in [-0.05, 0) is 18.2 Å². The Morgan fingerprint density at radius 1 is 1.50 bits per heavy atom. The molecule has 1 aliphatic rings. The minimum Gasteiger partial charge on any atom is -0.318 e. The molecular weight excluding hydrogens is 253 g/mol. The second-order valence-electron chi connectivity index (χ2n) is 2.80. The first-order chi connectivity index (χ1) is 6.66. The first kappa shape index (κ1) is 9.33. The average molecular weight is 258 g/mol. The average Bonchev–Trinajstić information content (AvgIpc) is 2.51. The molecule has 0 spiro atoms. The number of halogens is 2. The number of hydrogen-bond acceptors (Lipinski definition) is 3. The van der Waals surface area contributed by atoms with Gasteiger partial charge in [-0.3, -0.25) is 0 Å². The molecule has 2 rings (SSSR count). The summed E-state index contributed by atoms with van der Waals surface area (Å²) >= 11 is 3.14. The molecule has 0 bridgehead atoms. The quantitative estimate of drug-likeness (QED) is 0.724. The van der Waals surface area contributed by atoms with Crippen molar-refractivity contribution >= 4 is 27.6 Å². The van der Waals surface area contributed by atoms with Crippen LogP contribution in [0.25, 0.3) is 0 Å². The molecule has 0 fully saturated rings. The fourth-order valence-electron chi connectivity index (χ4n) is 1.18. The van der Waals surface area contributed by atoms with Crippen LogP contribution < -0.4 is 0 Å². The van der Waals surface area contributed by atoms with Gasteiger partial charge in [0.05, 0.1) is 6.42 Å². The van der Waals surface area contributed by atoms with Gasteiger partial charge in [0.1, 0.15) is 11.5 Å². The first-order valence-corrected chi connectivity index (χ1v) is 4.68. The third-order valence-corrected chi connectivity index (χ3v) is 2.30. The van der Waals surface area contributed by atoms with E-state index in [2.05, 4.69) is 25.9 Å². The molecule has 1 aromatic rings. The van der Waals surface area contributed by atoms with E-state index in [0.29, 0.717) is 15.7 Å². The van der Waals surface area contributed by atoms with Crippen molar-refractivity contribution in [2.45, 2.75) is 6.42 Å². The highest BCUT2D eigenvalue weighted by molar-refractivity contribution is 9.10. The van der Waals surface area contributed by atoms with Crippen LogP contribution in [0.5, 0.6) is 0 Å². The predicted octanol–water partition coefficient (Wildman–Crippen LogP) is 2.24. The lowest BCUT2D eigenvalue weighted by Gasteiger charge is -1.99. The highest BCUT2D eigenvalue weighted by Crippen LogP contribution is 2.19. The Hall–Kier alpha value is -1.23. The molecule has 3 nitrogen and oxygen atoms in total. The molecule has 0 aromatic heterocycles. The summed E-state index contributed by atoms with van der Waals surface area (Å²) in [5.41, 5.74) is 0.638. The van der Waals surface area contributed by atoms with Gasteiger partial charge in [0.15, 0.2) is 0 Å². The van der Waals surface area contributed by atoms with Gasteiger partial charge in [0, 0.05) is 10.0 Å². The number of carbonyl (C=O) groups is 1. The zero-order valence-electron chi connectivity index (χ0n) is 6.96. The van der Waals surface area contributed by atoms with Crippen LogP contribution in [0.2, 0.25) is 0 Å². The number of hydrogen-bond donors (Lipinski definition) is 0. The highest BCUT2D eigenvalue weighted by Gasteiger charge is 2.21. The summed E-state index contributed by atoms with van der Waals surface area (Å²) in [6.07, 6.45) is 0.0263. The van der Waals surface area contributed by atoms with E-state index in [9.17, 15) is 9.18 Å². The maximum Gasteiger partial charge on any atom is 0.341 e. The molecule has 0 N–H and O–H groups in total. The lowest BCUT2D eigenvalue weighted by molar-refractivity contribution is -0.140. The van der Waals surface area contributed by atoms with Crippen LogP contribution in [-0.4, -0.2) is 11.7 Å². The van der Waals surface area contributed by atoms with Crippen molar-refractivity contribution in [3.8, 4) is 0 Å². The summed E-state index contributed by atoms with van der Waals surface area (Å²) in [6.45, 7) is 0. The molecule has 0 atom stereocenters. The second kappa shape index (κ2) is 3.49. The van der Waals surface area contributed by atoms with Gasteiger partial charge >= 0.3 is 5.97 Å². The van der Waals surface area contributed by atoms with Gasteiger partial charge in [-0.1, -0.05) is 21.1 Å². The molecule has 0 amide bonds. The SMILES string of the molecule is O=C1CC(c2ccc(Br)cc2F)=NO1.